The normalized spacial score (nSPS) is 12.0. The Balaban J connectivity index is 0.000000141. The van der Waals surface area contributed by atoms with Gasteiger partial charge in [-0.2, -0.15) is 0 Å². The van der Waals surface area contributed by atoms with Crippen LogP contribution in [0.25, 0.3) is 190 Å². The smallest absolute Gasteiger partial charge is 0.134 e. The van der Waals surface area contributed by atoms with E-state index in [9.17, 15) is 30.6 Å². The van der Waals surface area contributed by atoms with E-state index in [0.29, 0.717) is 169 Å². The van der Waals surface area contributed by atoms with Crippen LogP contribution in [-0.2, 0) is 32.5 Å². The molecule has 20 aromatic rings. The van der Waals surface area contributed by atoms with Crippen molar-refractivity contribution in [2.24, 2.45) is 0 Å². The number of pyridine rings is 10. The summed E-state index contributed by atoms with van der Waals surface area (Å²) < 4.78 is 0. The summed E-state index contributed by atoms with van der Waals surface area (Å²) in [6, 6.07) is 82.1. The number of fused-ring (bicyclic) bond motifs is 6. The number of rotatable bonds is 13. The van der Waals surface area contributed by atoms with Gasteiger partial charge in [0.05, 0.1) is 114 Å². The standard InChI is InChI=1S/C42H38N4O2.C40H36N6O2.C40H38N4O2/c1-41(2,3)27-21-29(33-11-7-9-19-43-33)39(47)31(23-27)35-17-15-25-13-14-26-16-18-36(46-38(26)37(25)45-35)32-24-28(42(4,5)6)22-30(40(32)48)34-12-8-10-20-44-34;1-39(2,3)25-17-27(37(47)29(19-25)33-21-41-13-15-43-33)31-11-9-23-7-8-24-10-12-32(46-36(24)35(23)45-31)28-18-26(40(4,5)6)20-30(38(28)48)34-22-42-14-16-44-34;1-39(2,3)25-21-27(31-13-7-9-19-41-31)37(45)29(23-25)33-15-11-17-35(43-33)36-18-12-16-34(44-36)30-24-26(40(4,5)6)22-28(38(30)46)32-14-8-10-20-42-32/h7-24,47-48H,1-6H3;7-22,47-48H,1-6H3;7-24,45-46H,1-6H3. The topological polar surface area (TPSA) is 302 Å². The van der Waals surface area contributed by atoms with Crippen LogP contribution < -0.4 is 0 Å². The third kappa shape index (κ3) is 19.8. The number of benzene rings is 8. The van der Waals surface area contributed by atoms with Gasteiger partial charge in [0, 0.05) is 138 Å². The molecule has 0 atom stereocenters. The monoisotopic (exact) mass is 1870 g/mol. The van der Waals surface area contributed by atoms with E-state index in [1.54, 1.807) is 62.0 Å². The van der Waals surface area contributed by atoms with Crippen molar-refractivity contribution in [1.29, 1.82) is 0 Å². The van der Waals surface area contributed by atoms with E-state index < -0.39 is 0 Å². The second-order valence-corrected chi connectivity index (χ2v) is 42.1. The average Bonchev–Trinajstić information content (AvgIpc) is 0.755. The zero-order chi connectivity index (χ0) is 100. The molecule has 0 unspecified atom stereocenters. The highest BCUT2D eigenvalue weighted by Crippen LogP contribution is 2.50. The largest absolute Gasteiger partial charge is 0.507 e. The molecule has 12 aromatic heterocycles. The van der Waals surface area contributed by atoms with Crippen molar-refractivity contribution in [2.45, 2.75) is 157 Å². The fourth-order valence-corrected chi connectivity index (χ4v) is 17.3. The molecule has 8 aromatic carbocycles. The van der Waals surface area contributed by atoms with Crippen LogP contribution in [0.3, 0.4) is 0 Å². The summed E-state index contributed by atoms with van der Waals surface area (Å²) >= 11 is 0. The van der Waals surface area contributed by atoms with Gasteiger partial charge in [0.25, 0.3) is 0 Å². The summed E-state index contributed by atoms with van der Waals surface area (Å²) in [4.78, 5) is 66.1. The summed E-state index contributed by atoms with van der Waals surface area (Å²) in [6.07, 6.45) is 16.7. The van der Waals surface area contributed by atoms with Gasteiger partial charge in [-0.3, -0.25) is 39.9 Å². The van der Waals surface area contributed by atoms with E-state index in [1.807, 2.05) is 255 Å². The predicted octanol–water partition coefficient (Wildman–Crippen LogP) is 28.9. The highest BCUT2D eigenvalue weighted by Gasteiger charge is 2.31. The Morgan fingerprint density at radius 2 is 0.338 bits per heavy atom. The van der Waals surface area contributed by atoms with Crippen LogP contribution in [0.2, 0.25) is 0 Å². The van der Waals surface area contributed by atoms with Gasteiger partial charge in [-0.05, 0) is 236 Å². The number of hydrogen-bond acceptors (Lipinski definition) is 20. The highest BCUT2D eigenvalue weighted by molar-refractivity contribution is 6.06. The SMILES string of the molecule is CC(C)(C)c1cc(-c2ccccn2)c(O)c(-c2ccc3ccc4ccc(-c5cc(C(C)(C)C)cc(-c6ccccn6)c5O)nc4c3n2)c1.CC(C)(C)c1cc(-c2ccccn2)c(O)c(-c2cccc(-c3cccc(-c4cc(C(C)(C)C)cc(-c5ccccn5)c4O)n3)n2)c1.CC(C)(C)c1cc(-c2cnccn2)c(O)c(-c2ccc3ccc4ccc(-c5cc(C(C)(C)C)cc(-c6cnccn6)c5O)nc4c3n2)c1. The van der Waals surface area contributed by atoms with E-state index in [1.165, 1.54) is 0 Å². The van der Waals surface area contributed by atoms with Crippen LogP contribution in [0.4, 0.5) is 0 Å². The average molecular weight is 1870 g/mol. The van der Waals surface area contributed by atoms with Gasteiger partial charge in [-0.15, -0.1) is 0 Å². The zero-order valence-electron chi connectivity index (χ0n) is 83.0. The molecule has 0 amide bonds. The number of phenols is 6. The minimum absolute atomic E-state index is 0.0877. The molecule has 0 aliphatic heterocycles. The molecule has 142 heavy (non-hydrogen) atoms. The van der Waals surface area contributed by atoms with Crippen molar-refractivity contribution in [3.63, 3.8) is 0 Å². The fourth-order valence-electron chi connectivity index (χ4n) is 17.3. The van der Waals surface area contributed by atoms with Gasteiger partial charge < -0.3 is 30.6 Å². The lowest BCUT2D eigenvalue weighted by Crippen LogP contribution is -2.11. The zero-order valence-corrected chi connectivity index (χ0v) is 83.0. The van der Waals surface area contributed by atoms with Crippen LogP contribution in [0, 0.1) is 0 Å². The molecular formula is C122H112N14O6. The lowest BCUT2D eigenvalue weighted by molar-refractivity contribution is 0.477. The van der Waals surface area contributed by atoms with Crippen molar-refractivity contribution in [1.82, 2.24) is 69.8 Å². The Morgan fingerprint density at radius 3 is 0.528 bits per heavy atom. The fraction of sp³-hybridized carbons (Fsp3) is 0.197. The second-order valence-electron chi connectivity index (χ2n) is 42.1. The number of phenolic OH excluding ortho intramolecular Hbond substituents is 6. The first kappa shape index (κ1) is 95.6. The quantitative estimate of drug-likeness (QED) is 0.0584. The third-order valence-corrected chi connectivity index (χ3v) is 25.8. The summed E-state index contributed by atoms with van der Waals surface area (Å²) in [6.45, 7) is 38.6. The first-order valence-corrected chi connectivity index (χ1v) is 47.5. The maximum absolute atomic E-state index is 11.7. The van der Waals surface area contributed by atoms with E-state index >= 15 is 0 Å². The molecule has 6 N–H and O–H groups in total. The molecule has 20 heteroatoms. The molecule has 0 aliphatic rings. The Bertz CT molecular complexity index is 7380. The van der Waals surface area contributed by atoms with Gasteiger partial charge >= 0.3 is 0 Å². The Morgan fingerprint density at radius 1 is 0.162 bits per heavy atom. The van der Waals surface area contributed by atoms with Crippen LogP contribution >= 0.6 is 0 Å². The molecule has 0 saturated heterocycles. The molecule has 20 rings (SSSR count). The number of nitrogens with zero attached hydrogens (tertiary/aromatic N) is 14. The first-order valence-electron chi connectivity index (χ1n) is 47.5. The summed E-state index contributed by atoms with van der Waals surface area (Å²) in [5.41, 5.74) is 24.6. The first-order chi connectivity index (χ1) is 67.7. The predicted molar refractivity (Wildman–Crippen MR) is 571 cm³/mol. The van der Waals surface area contributed by atoms with Crippen LogP contribution in [-0.4, -0.2) is 100 Å². The van der Waals surface area contributed by atoms with Crippen molar-refractivity contribution in [3.05, 3.63) is 350 Å². The van der Waals surface area contributed by atoms with Crippen LogP contribution in [0.1, 0.15) is 158 Å². The molecule has 12 heterocycles. The lowest BCUT2D eigenvalue weighted by Gasteiger charge is -2.22. The number of aromatic nitrogens is 14. The lowest BCUT2D eigenvalue weighted by atomic mass is 9.83. The van der Waals surface area contributed by atoms with E-state index in [4.69, 9.17) is 29.9 Å². The number of aromatic hydroxyl groups is 6. The van der Waals surface area contributed by atoms with Gasteiger partial charge in [0.1, 0.15) is 34.5 Å². The molecule has 0 saturated carbocycles. The minimum Gasteiger partial charge on any atom is -0.507 e. The third-order valence-electron chi connectivity index (χ3n) is 25.8. The molecule has 0 radical (unpaired) electrons. The second kappa shape index (κ2) is 37.9. The molecule has 706 valence electrons. The Hall–Kier alpha value is -16.7. The Kier molecular flexibility index (Phi) is 25.5. The maximum Gasteiger partial charge on any atom is 0.134 e. The van der Waals surface area contributed by atoms with Crippen LogP contribution in [0.15, 0.2) is 317 Å². The highest BCUT2D eigenvalue weighted by atomic mass is 16.3. The maximum atomic E-state index is 11.7. The van der Waals surface area contributed by atoms with E-state index in [-0.39, 0.29) is 67.0 Å². The molecule has 0 aliphatic carbocycles. The molecule has 0 spiro atoms. The van der Waals surface area contributed by atoms with Gasteiger partial charge in [-0.25, -0.2) is 29.9 Å². The molecule has 0 fully saturated rings. The summed E-state index contributed by atoms with van der Waals surface area (Å²) in [5.74, 6) is 0.698. The van der Waals surface area contributed by atoms with Gasteiger partial charge in [0.2, 0.25) is 0 Å². The van der Waals surface area contributed by atoms with Crippen molar-refractivity contribution in [3.8, 4) is 181 Å². The van der Waals surface area contributed by atoms with Crippen LogP contribution in [0.5, 0.6) is 34.5 Å². The van der Waals surface area contributed by atoms with Gasteiger partial charge in [0.15, 0.2) is 0 Å². The van der Waals surface area contributed by atoms with Crippen molar-refractivity contribution >= 4 is 43.6 Å². The molecule has 20 nitrogen and oxygen atoms in total. The Labute approximate surface area is 827 Å². The summed E-state index contributed by atoms with van der Waals surface area (Å²) in [7, 11) is 0. The van der Waals surface area contributed by atoms with Crippen molar-refractivity contribution in [2.75, 3.05) is 0 Å². The number of hydrogen-bond donors (Lipinski definition) is 6. The summed E-state index contributed by atoms with van der Waals surface area (Å²) in [5, 5.41) is 73.4. The van der Waals surface area contributed by atoms with E-state index in [0.717, 1.165) is 54.9 Å². The van der Waals surface area contributed by atoms with Crippen molar-refractivity contribution < 1.29 is 30.6 Å². The van der Waals surface area contributed by atoms with Gasteiger partial charge in [-0.1, -0.05) is 210 Å². The minimum atomic E-state index is -0.201. The van der Waals surface area contributed by atoms with E-state index in [2.05, 4.69) is 164 Å². The molecular weight excluding hydrogens is 1760 g/mol. The molecule has 0 bridgehead atoms.